The number of carbonyl (C=O) groups excluding carboxylic acids is 1. The summed E-state index contributed by atoms with van der Waals surface area (Å²) in [6.45, 7) is 0. The Balaban J connectivity index is 2.84. The maximum atomic E-state index is 11.9. The smallest absolute Gasteiger partial charge is 0.321 e. The number of rotatable bonds is 7. The Morgan fingerprint density at radius 1 is 1.47 bits per heavy atom. The third kappa shape index (κ3) is 4.90. The van der Waals surface area contributed by atoms with Gasteiger partial charge in [-0.2, -0.15) is 4.72 Å². The average Bonchev–Trinajstić information content (AvgIpc) is 2.71. The second-order valence-corrected chi connectivity index (χ2v) is 7.98. The van der Waals surface area contributed by atoms with Crippen LogP contribution < -0.4 is 10.5 Å². The molecule has 0 spiro atoms. The van der Waals surface area contributed by atoms with Crippen LogP contribution in [0.1, 0.15) is 12.8 Å². The van der Waals surface area contributed by atoms with E-state index in [-0.39, 0.29) is 17.1 Å². The SMILES string of the molecule is NC(=O)CC[C@H](NS(=O)(=O)c1ccc(Br)s1)C(=O)O. The Morgan fingerprint density at radius 2 is 2.11 bits per heavy atom. The predicted molar refractivity (Wildman–Crippen MR) is 72.2 cm³/mol. The second kappa shape index (κ2) is 6.46. The van der Waals surface area contributed by atoms with Crippen LogP contribution in [0.4, 0.5) is 0 Å². The fourth-order valence-corrected chi connectivity index (χ4v) is 4.46. The van der Waals surface area contributed by atoms with Crippen molar-refractivity contribution < 1.29 is 23.1 Å². The standard InChI is InChI=1S/C9H11BrN2O5S2/c10-6-2-4-8(18-6)19(16,17)12-5(9(14)15)1-3-7(11)13/h2,4-5,12H,1,3H2,(H2,11,13)(H,14,15)/t5-/m0/s1. The molecule has 0 radical (unpaired) electrons. The van der Waals surface area contributed by atoms with Gasteiger partial charge in [0.05, 0.1) is 3.79 Å². The van der Waals surface area contributed by atoms with Crippen molar-refractivity contribution in [1.29, 1.82) is 0 Å². The molecule has 0 unspecified atom stereocenters. The van der Waals surface area contributed by atoms with Crippen LogP contribution in [0.2, 0.25) is 0 Å². The number of thiophene rings is 1. The van der Waals surface area contributed by atoms with Crippen LogP contribution in [-0.2, 0) is 19.6 Å². The van der Waals surface area contributed by atoms with Crippen molar-refractivity contribution in [1.82, 2.24) is 4.72 Å². The van der Waals surface area contributed by atoms with Crippen LogP contribution in [0.15, 0.2) is 20.1 Å². The van der Waals surface area contributed by atoms with Crippen LogP contribution in [-0.4, -0.2) is 31.4 Å². The number of carbonyl (C=O) groups is 2. The number of amides is 1. The van der Waals surface area contributed by atoms with Crippen LogP contribution in [0.25, 0.3) is 0 Å². The first kappa shape index (κ1) is 16.1. The van der Waals surface area contributed by atoms with E-state index in [1.807, 2.05) is 4.72 Å². The topological polar surface area (TPSA) is 127 Å². The molecule has 1 aromatic heterocycles. The van der Waals surface area contributed by atoms with Crippen LogP contribution in [0.5, 0.6) is 0 Å². The summed E-state index contributed by atoms with van der Waals surface area (Å²) in [5, 5.41) is 8.92. The van der Waals surface area contributed by atoms with Gasteiger partial charge in [-0.3, -0.25) is 9.59 Å². The Hall–Kier alpha value is -0.970. The maximum Gasteiger partial charge on any atom is 0.321 e. The molecule has 1 aromatic rings. The lowest BCUT2D eigenvalue weighted by Gasteiger charge is -2.12. The van der Waals surface area contributed by atoms with Gasteiger partial charge in [0.2, 0.25) is 5.91 Å². The molecule has 0 fully saturated rings. The van der Waals surface area contributed by atoms with E-state index in [4.69, 9.17) is 10.8 Å². The highest BCUT2D eigenvalue weighted by molar-refractivity contribution is 9.11. The van der Waals surface area contributed by atoms with Crippen LogP contribution in [0.3, 0.4) is 0 Å². The highest BCUT2D eigenvalue weighted by Gasteiger charge is 2.26. The van der Waals surface area contributed by atoms with Gasteiger partial charge in [0.1, 0.15) is 10.3 Å². The Bertz CT molecular complexity index is 583. The van der Waals surface area contributed by atoms with Crippen LogP contribution in [0, 0.1) is 0 Å². The van der Waals surface area contributed by atoms with Gasteiger partial charge < -0.3 is 10.8 Å². The molecule has 10 heteroatoms. The van der Waals surface area contributed by atoms with Crippen LogP contribution >= 0.6 is 27.3 Å². The first-order valence-electron chi connectivity index (χ1n) is 5.01. The number of hydrogen-bond acceptors (Lipinski definition) is 5. The number of aliphatic carboxylic acids is 1. The van der Waals surface area contributed by atoms with Gasteiger partial charge in [-0.25, -0.2) is 8.42 Å². The molecule has 1 atom stereocenters. The number of carboxylic acids is 1. The third-order valence-electron chi connectivity index (χ3n) is 2.09. The molecule has 106 valence electrons. The number of primary amides is 1. The van der Waals surface area contributed by atoms with Gasteiger partial charge in [0.15, 0.2) is 0 Å². The highest BCUT2D eigenvalue weighted by atomic mass is 79.9. The largest absolute Gasteiger partial charge is 0.480 e. The summed E-state index contributed by atoms with van der Waals surface area (Å²) in [7, 11) is -3.93. The number of halogens is 1. The fraction of sp³-hybridized carbons (Fsp3) is 0.333. The van der Waals surface area contributed by atoms with E-state index in [2.05, 4.69) is 15.9 Å². The van der Waals surface area contributed by atoms with E-state index in [0.717, 1.165) is 11.3 Å². The fourth-order valence-electron chi connectivity index (χ4n) is 1.21. The van der Waals surface area contributed by atoms with E-state index in [0.29, 0.717) is 3.79 Å². The summed E-state index contributed by atoms with van der Waals surface area (Å²) in [4.78, 5) is 21.6. The lowest BCUT2D eigenvalue weighted by Crippen LogP contribution is -2.41. The van der Waals surface area contributed by atoms with Gasteiger partial charge in [-0.15, -0.1) is 11.3 Å². The summed E-state index contributed by atoms with van der Waals surface area (Å²) in [6, 6.07) is 1.50. The minimum absolute atomic E-state index is 0.00954. The van der Waals surface area contributed by atoms with E-state index in [1.54, 1.807) is 6.07 Å². The molecule has 1 rings (SSSR count). The number of carboxylic acid groups (broad SMARTS) is 1. The van der Waals surface area contributed by atoms with Gasteiger partial charge in [0, 0.05) is 6.42 Å². The molecule has 7 nitrogen and oxygen atoms in total. The van der Waals surface area contributed by atoms with Crippen molar-refractivity contribution in [2.24, 2.45) is 5.73 Å². The first-order valence-corrected chi connectivity index (χ1v) is 8.10. The molecular weight excluding hydrogens is 360 g/mol. The van der Waals surface area contributed by atoms with E-state index in [1.165, 1.54) is 6.07 Å². The molecule has 4 N–H and O–H groups in total. The Morgan fingerprint density at radius 3 is 2.53 bits per heavy atom. The molecule has 0 saturated heterocycles. The number of nitrogens with two attached hydrogens (primary N) is 1. The van der Waals surface area contributed by atoms with E-state index in [9.17, 15) is 18.0 Å². The average molecular weight is 371 g/mol. The molecule has 0 bridgehead atoms. The zero-order valence-corrected chi connectivity index (χ0v) is 12.7. The molecule has 0 aliphatic carbocycles. The summed E-state index contributed by atoms with van der Waals surface area (Å²) >= 11 is 4.07. The van der Waals surface area contributed by atoms with Gasteiger partial charge >= 0.3 is 5.97 Å². The third-order valence-corrected chi connectivity index (χ3v) is 5.68. The molecule has 0 aliphatic rings. The molecular formula is C9H11BrN2O5S2. The summed E-state index contributed by atoms with van der Waals surface area (Å²) < 4.78 is 26.4. The highest BCUT2D eigenvalue weighted by Crippen LogP contribution is 2.26. The van der Waals surface area contributed by atoms with E-state index < -0.39 is 27.9 Å². The minimum Gasteiger partial charge on any atom is -0.480 e. The van der Waals surface area contributed by atoms with Crippen molar-refractivity contribution in [2.45, 2.75) is 23.1 Å². The van der Waals surface area contributed by atoms with Crippen molar-refractivity contribution in [3.8, 4) is 0 Å². The lowest BCUT2D eigenvalue weighted by atomic mass is 10.2. The summed E-state index contributed by atoms with van der Waals surface area (Å²) in [5.41, 5.74) is 4.91. The van der Waals surface area contributed by atoms with E-state index >= 15 is 0 Å². The monoisotopic (exact) mass is 370 g/mol. The van der Waals surface area contributed by atoms with Gasteiger partial charge in [0.25, 0.3) is 10.0 Å². The number of sulfonamides is 1. The second-order valence-electron chi connectivity index (χ2n) is 3.58. The first-order chi connectivity index (χ1) is 8.72. The van der Waals surface area contributed by atoms with Crippen molar-refractivity contribution in [2.75, 3.05) is 0 Å². The molecule has 19 heavy (non-hydrogen) atoms. The minimum atomic E-state index is -3.93. The normalized spacial score (nSPS) is 13.1. The molecule has 0 aromatic carbocycles. The summed E-state index contributed by atoms with van der Waals surface area (Å²) in [5.74, 6) is -2.05. The lowest BCUT2D eigenvalue weighted by molar-refractivity contribution is -0.139. The number of hydrogen-bond donors (Lipinski definition) is 3. The molecule has 1 amide bonds. The molecule has 1 heterocycles. The zero-order valence-electron chi connectivity index (χ0n) is 9.50. The maximum absolute atomic E-state index is 11.9. The molecule has 0 aliphatic heterocycles. The quantitative estimate of drug-likeness (QED) is 0.644. The Kier molecular flexibility index (Phi) is 5.47. The van der Waals surface area contributed by atoms with Crippen molar-refractivity contribution in [3.05, 3.63) is 15.9 Å². The summed E-state index contributed by atoms with van der Waals surface area (Å²) in [6.07, 6.45) is -0.413. The Labute approximate surface area is 122 Å². The van der Waals surface area contributed by atoms with Gasteiger partial charge in [-0.05, 0) is 34.5 Å². The predicted octanol–water partition coefficient (Wildman–Crippen LogP) is 0.508. The zero-order chi connectivity index (χ0) is 14.6. The molecule has 0 saturated carbocycles. The van der Waals surface area contributed by atoms with Crippen molar-refractivity contribution in [3.63, 3.8) is 0 Å². The van der Waals surface area contributed by atoms with Gasteiger partial charge in [-0.1, -0.05) is 0 Å². The number of nitrogens with one attached hydrogen (secondary N) is 1. The van der Waals surface area contributed by atoms with Crippen molar-refractivity contribution >= 4 is 49.2 Å².